The van der Waals surface area contributed by atoms with Gasteiger partial charge in [0.2, 0.25) is 5.91 Å². The zero-order chi connectivity index (χ0) is 7.98. The Morgan fingerprint density at radius 2 is 2.50 bits per heavy atom. The van der Waals surface area contributed by atoms with Crippen LogP contribution in [-0.4, -0.2) is 5.91 Å². The lowest BCUT2D eigenvalue weighted by molar-refractivity contribution is -0.121. The first kappa shape index (κ1) is 8.92. The molecule has 4 heteroatoms. The van der Waals surface area contributed by atoms with Crippen LogP contribution >= 0.6 is 0 Å². The van der Waals surface area contributed by atoms with Crippen LogP contribution in [0.15, 0.2) is 0 Å². The minimum absolute atomic E-state index is 0.0719. The molecule has 0 heterocycles. The van der Waals surface area contributed by atoms with Gasteiger partial charge in [0.05, 0.1) is 6.07 Å². The van der Waals surface area contributed by atoms with Gasteiger partial charge in [-0.3, -0.25) is 10.2 Å². The van der Waals surface area contributed by atoms with E-state index in [0.29, 0.717) is 12.8 Å². The van der Waals surface area contributed by atoms with Crippen molar-refractivity contribution in [2.24, 2.45) is 11.8 Å². The van der Waals surface area contributed by atoms with Gasteiger partial charge in [0.1, 0.15) is 0 Å². The van der Waals surface area contributed by atoms with Gasteiger partial charge in [-0.1, -0.05) is 0 Å². The molecule has 0 aromatic carbocycles. The molecule has 10 heavy (non-hydrogen) atoms. The van der Waals surface area contributed by atoms with E-state index in [4.69, 9.17) is 11.1 Å². The smallest absolute Gasteiger partial charge is 0.233 e. The largest absolute Gasteiger partial charge is 0.294 e. The highest BCUT2D eigenvalue weighted by atomic mass is 16.2. The highest BCUT2D eigenvalue weighted by Gasteiger charge is 2.02. The summed E-state index contributed by atoms with van der Waals surface area (Å²) in [5, 5.41) is 8.31. The number of amides is 1. The molecule has 4 nitrogen and oxygen atoms in total. The third kappa shape index (κ3) is 3.87. The third-order valence-corrected chi connectivity index (χ3v) is 1.19. The summed E-state index contributed by atoms with van der Waals surface area (Å²) < 4.78 is 0. The lowest BCUT2D eigenvalue weighted by Gasteiger charge is -1.99. The Labute approximate surface area is 60.0 Å². The average molecular weight is 141 g/mol. The fraction of sp³-hybridized carbons (Fsp3) is 0.667. The van der Waals surface area contributed by atoms with Gasteiger partial charge >= 0.3 is 0 Å². The summed E-state index contributed by atoms with van der Waals surface area (Å²) in [7, 11) is 0. The molecule has 0 saturated carbocycles. The van der Waals surface area contributed by atoms with Gasteiger partial charge in [0.25, 0.3) is 0 Å². The van der Waals surface area contributed by atoms with E-state index in [1.165, 1.54) is 0 Å². The molecular formula is C6H11N3O. The van der Waals surface area contributed by atoms with Crippen molar-refractivity contribution in [2.45, 2.75) is 19.8 Å². The van der Waals surface area contributed by atoms with Gasteiger partial charge in [-0.2, -0.15) is 5.26 Å². The Morgan fingerprint density at radius 1 is 1.90 bits per heavy atom. The molecule has 0 fully saturated rings. The van der Waals surface area contributed by atoms with Gasteiger partial charge in [-0.15, -0.1) is 0 Å². The number of hydrogen-bond donors (Lipinski definition) is 2. The monoisotopic (exact) mass is 141 g/mol. The van der Waals surface area contributed by atoms with Crippen molar-refractivity contribution >= 4 is 5.91 Å². The normalized spacial score (nSPS) is 11.7. The van der Waals surface area contributed by atoms with Crippen LogP contribution in [0, 0.1) is 17.2 Å². The van der Waals surface area contributed by atoms with Crippen LogP contribution in [0.5, 0.6) is 0 Å². The molecular weight excluding hydrogens is 130 g/mol. The second-order valence-corrected chi connectivity index (χ2v) is 2.14. The maximum absolute atomic E-state index is 10.5. The van der Waals surface area contributed by atoms with Gasteiger partial charge in [-0.05, 0) is 13.3 Å². The van der Waals surface area contributed by atoms with Crippen LogP contribution in [0.25, 0.3) is 0 Å². The summed E-state index contributed by atoms with van der Waals surface area (Å²) in [4.78, 5) is 10.5. The van der Waals surface area contributed by atoms with Gasteiger partial charge < -0.3 is 0 Å². The number of nitrogens with zero attached hydrogens (tertiary/aromatic N) is 1. The zero-order valence-electron chi connectivity index (χ0n) is 5.92. The van der Waals surface area contributed by atoms with Gasteiger partial charge in [0, 0.05) is 12.3 Å². The Bertz CT molecular complexity index is 150. The standard InChI is InChI=1S/C6H11N3O/c1-5(4-7)2-3-6(10)9-8/h5H,2-3,8H2,1H3,(H,9,10). The predicted molar refractivity (Wildman–Crippen MR) is 36.3 cm³/mol. The molecule has 3 N–H and O–H groups in total. The number of nitriles is 1. The van der Waals surface area contributed by atoms with E-state index < -0.39 is 0 Å². The second kappa shape index (κ2) is 4.77. The SMILES string of the molecule is CC(C#N)CCC(=O)NN. The van der Waals surface area contributed by atoms with Crippen molar-refractivity contribution in [3.8, 4) is 6.07 Å². The fourth-order valence-electron chi connectivity index (χ4n) is 0.484. The minimum Gasteiger partial charge on any atom is -0.294 e. The first-order valence-corrected chi connectivity index (χ1v) is 3.09. The van der Waals surface area contributed by atoms with Crippen molar-refractivity contribution in [3.63, 3.8) is 0 Å². The molecule has 56 valence electrons. The Balaban J connectivity index is 3.37. The van der Waals surface area contributed by atoms with Crippen LogP contribution < -0.4 is 11.3 Å². The van der Waals surface area contributed by atoms with Crippen molar-refractivity contribution < 1.29 is 4.79 Å². The molecule has 0 saturated heterocycles. The maximum atomic E-state index is 10.5. The lowest BCUT2D eigenvalue weighted by Crippen LogP contribution is -2.29. The summed E-state index contributed by atoms with van der Waals surface area (Å²) in [6, 6.07) is 2.02. The molecule has 0 bridgehead atoms. The summed E-state index contributed by atoms with van der Waals surface area (Å²) in [5.74, 6) is 4.53. The average Bonchev–Trinajstić information content (AvgIpc) is 1.99. The van der Waals surface area contributed by atoms with Crippen LogP contribution in [0.4, 0.5) is 0 Å². The van der Waals surface area contributed by atoms with E-state index in [9.17, 15) is 4.79 Å². The first-order chi connectivity index (χ1) is 4.70. The van der Waals surface area contributed by atoms with Gasteiger partial charge in [-0.25, -0.2) is 5.84 Å². The molecule has 1 amide bonds. The number of hydrogen-bond acceptors (Lipinski definition) is 3. The first-order valence-electron chi connectivity index (χ1n) is 3.09. The number of nitrogens with one attached hydrogen (secondary N) is 1. The van der Waals surface area contributed by atoms with Crippen LogP contribution in [0.2, 0.25) is 0 Å². The van der Waals surface area contributed by atoms with Crippen molar-refractivity contribution in [2.75, 3.05) is 0 Å². The highest BCUT2D eigenvalue weighted by molar-refractivity contribution is 5.75. The molecule has 1 atom stereocenters. The van der Waals surface area contributed by atoms with E-state index in [1.807, 2.05) is 11.5 Å². The summed E-state index contributed by atoms with van der Waals surface area (Å²) in [5.41, 5.74) is 2.00. The van der Waals surface area contributed by atoms with Crippen molar-refractivity contribution in [1.29, 1.82) is 5.26 Å². The maximum Gasteiger partial charge on any atom is 0.233 e. The summed E-state index contributed by atoms with van der Waals surface area (Å²) in [6.45, 7) is 1.77. The molecule has 0 aromatic rings. The topological polar surface area (TPSA) is 78.9 Å². The summed E-state index contributed by atoms with van der Waals surface area (Å²) >= 11 is 0. The molecule has 0 aliphatic heterocycles. The molecule has 0 aliphatic carbocycles. The number of carbonyl (C=O) groups excluding carboxylic acids is 1. The number of carbonyl (C=O) groups is 1. The molecule has 0 aliphatic rings. The molecule has 0 aromatic heterocycles. The molecule has 0 rings (SSSR count). The van der Waals surface area contributed by atoms with E-state index in [0.717, 1.165) is 0 Å². The quantitative estimate of drug-likeness (QED) is 0.327. The zero-order valence-corrected chi connectivity index (χ0v) is 5.92. The van der Waals surface area contributed by atoms with Crippen molar-refractivity contribution in [1.82, 2.24) is 5.43 Å². The molecule has 0 radical (unpaired) electrons. The predicted octanol–water partition coefficient (Wildman–Crippen LogP) is -0.0838. The fourth-order valence-corrected chi connectivity index (χ4v) is 0.484. The Morgan fingerprint density at radius 3 is 2.90 bits per heavy atom. The highest BCUT2D eigenvalue weighted by Crippen LogP contribution is 2.02. The van der Waals surface area contributed by atoms with E-state index in [-0.39, 0.29) is 11.8 Å². The van der Waals surface area contributed by atoms with Gasteiger partial charge in [0.15, 0.2) is 0 Å². The minimum atomic E-state index is -0.220. The second-order valence-electron chi connectivity index (χ2n) is 2.14. The van der Waals surface area contributed by atoms with E-state index in [2.05, 4.69) is 0 Å². The van der Waals surface area contributed by atoms with E-state index >= 15 is 0 Å². The molecule has 1 unspecified atom stereocenters. The van der Waals surface area contributed by atoms with Crippen LogP contribution in [0.1, 0.15) is 19.8 Å². The number of nitrogens with two attached hydrogens (primary N) is 1. The number of hydrazine groups is 1. The molecule has 0 spiro atoms. The Kier molecular flexibility index (Phi) is 4.25. The lowest BCUT2D eigenvalue weighted by atomic mass is 10.1. The van der Waals surface area contributed by atoms with E-state index in [1.54, 1.807) is 6.92 Å². The number of rotatable bonds is 3. The third-order valence-electron chi connectivity index (χ3n) is 1.19. The van der Waals surface area contributed by atoms with Crippen LogP contribution in [-0.2, 0) is 4.79 Å². The van der Waals surface area contributed by atoms with Crippen molar-refractivity contribution in [3.05, 3.63) is 0 Å². The Hall–Kier alpha value is -1.08. The van der Waals surface area contributed by atoms with Crippen LogP contribution in [0.3, 0.4) is 0 Å². The summed E-state index contributed by atoms with van der Waals surface area (Å²) in [6.07, 6.45) is 0.894.